The van der Waals surface area contributed by atoms with E-state index in [2.05, 4.69) is 10.1 Å². The summed E-state index contributed by atoms with van der Waals surface area (Å²) in [5, 5.41) is 20.1. The van der Waals surface area contributed by atoms with Crippen LogP contribution in [0.15, 0.2) is 4.90 Å². The zero-order valence-corrected chi connectivity index (χ0v) is 6.50. The molecule has 0 aliphatic carbocycles. The molecule has 0 rings (SSSR count). The Bertz CT molecular complexity index is 126. The lowest BCUT2D eigenvalue weighted by molar-refractivity contribution is 0.571. The Balaban J connectivity index is 3.71. The van der Waals surface area contributed by atoms with Crippen LogP contribution >= 0.6 is 0 Å². The second-order valence-corrected chi connectivity index (χ2v) is 2.17. The van der Waals surface area contributed by atoms with Crippen LogP contribution in [0.2, 0.25) is 13.6 Å². The molecular weight excluding hydrogens is 130 g/mol. The van der Waals surface area contributed by atoms with Crippen LogP contribution < -0.4 is 5.23 Å². The molecule has 0 aromatic heterocycles. The summed E-state index contributed by atoms with van der Waals surface area (Å²) in [5.41, 5.74) is 0. The van der Waals surface area contributed by atoms with Gasteiger partial charge in [0, 0.05) is 0 Å². The maximum absolute atomic E-state index is 8.76. The first-order chi connectivity index (χ1) is 4.52. The summed E-state index contributed by atoms with van der Waals surface area (Å²) in [6, 6.07) is 0. The van der Waals surface area contributed by atoms with Gasteiger partial charge in [-0.15, -0.1) is 0 Å². The number of amidine groups is 1. The predicted molar refractivity (Wildman–Crippen MR) is 43.9 cm³/mol. The molecule has 10 heavy (non-hydrogen) atoms. The Hall–Kier alpha value is -0.480. The highest BCUT2D eigenvalue weighted by atomic mass is 16.2. The van der Waals surface area contributed by atoms with Crippen molar-refractivity contribution >= 4 is 19.9 Å². The minimum absolute atomic E-state index is 0.532. The van der Waals surface area contributed by atoms with Gasteiger partial charge in [0.25, 0.3) is 0 Å². The number of nitrogens with one attached hydrogen (secondary N) is 1. The second-order valence-electron chi connectivity index (χ2n) is 2.17. The molecule has 6 heteroatoms. The van der Waals surface area contributed by atoms with Gasteiger partial charge in [0.1, 0.15) is 0 Å². The van der Waals surface area contributed by atoms with Crippen LogP contribution in [0.25, 0.3) is 0 Å². The van der Waals surface area contributed by atoms with Crippen LogP contribution in [0, 0.1) is 0 Å². The average Bonchev–Trinajstić information content (AvgIpc) is 1.58. The van der Waals surface area contributed by atoms with Crippen LogP contribution in [-0.4, -0.2) is 30.0 Å². The van der Waals surface area contributed by atoms with E-state index in [4.69, 9.17) is 10.0 Å². The summed E-state index contributed by atoms with van der Waals surface area (Å²) in [7, 11) is -1.34. The lowest BCUT2D eigenvalue weighted by atomic mass is 9.87. The number of hydrogen-bond acceptors (Lipinski definition) is 3. The SMILES string of the molecule is CB(O)/N=C(\C)NB(C)O. The molecular formula is C4H12B2N2O2. The summed E-state index contributed by atoms with van der Waals surface area (Å²) in [4.78, 5) is 3.72. The van der Waals surface area contributed by atoms with Crippen LogP contribution in [0.5, 0.6) is 0 Å². The lowest BCUT2D eigenvalue weighted by Crippen LogP contribution is -2.35. The molecule has 0 saturated heterocycles. The summed E-state index contributed by atoms with van der Waals surface area (Å²) in [6.45, 7) is 4.81. The maximum atomic E-state index is 8.76. The van der Waals surface area contributed by atoms with Crippen molar-refractivity contribution in [1.29, 1.82) is 0 Å². The summed E-state index contributed by atoms with van der Waals surface area (Å²) >= 11 is 0. The molecule has 0 aliphatic rings. The first-order valence-electron chi connectivity index (χ1n) is 3.19. The average molecular weight is 142 g/mol. The molecule has 0 aromatic rings. The second kappa shape index (κ2) is 4.35. The van der Waals surface area contributed by atoms with Gasteiger partial charge in [0.2, 0.25) is 0 Å². The van der Waals surface area contributed by atoms with Crippen molar-refractivity contribution in [1.82, 2.24) is 5.23 Å². The molecule has 0 atom stereocenters. The summed E-state index contributed by atoms with van der Waals surface area (Å²) in [6.07, 6.45) is 0. The topological polar surface area (TPSA) is 64.9 Å². The molecule has 0 fully saturated rings. The van der Waals surface area contributed by atoms with Gasteiger partial charge in [0.05, 0.1) is 5.84 Å². The van der Waals surface area contributed by atoms with E-state index in [0.29, 0.717) is 5.84 Å². The Morgan fingerprint density at radius 1 is 1.40 bits per heavy atom. The minimum atomic E-state index is -0.716. The third-order valence-corrected chi connectivity index (χ3v) is 0.798. The fourth-order valence-corrected chi connectivity index (χ4v) is 0.620. The molecule has 0 unspecified atom stereocenters. The molecule has 0 bridgehead atoms. The molecule has 0 radical (unpaired) electrons. The van der Waals surface area contributed by atoms with Crippen molar-refractivity contribution in [3.8, 4) is 0 Å². The fourth-order valence-electron chi connectivity index (χ4n) is 0.620. The van der Waals surface area contributed by atoms with Gasteiger partial charge in [-0.1, -0.05) is 0 Å². The van der Waals surface area contributed by atoms with Gasteiger partial charge in [-0.05, 0) is 20.6 Å². The van der Waals surface area contributed by atoms with E-state index in [1.807, 2.05) is 0 Å². The van der Waals surface area contributed by atoms with Gasteiger partial charge < -0.3 is 15.3 Å². The van der Waals surface area contributed by atoms with Crippen molar-refractivity contribution in [2.45, 2.75) is 20.6 Å². The third-order valence-electron chi connectivity index (χ3n) is 0.798. The van der Waals surface area contributed by atoms with E-state index in [0.717, 1.165) is 0 Å². The van der Waals surface area contributed by atoms with Crippen molar-refractivity contribution in [3.63, 3.8) is 0 Å². The maximum Gasteiger partial charge on any atom is 0.429 e. The van der Waals surface area contributed by atoms with E-state index in [9.17, 15) is 0 Å². The van der Waals surface area contributed by atoms with Crippen LogP contribution in [0.3, 0.4) is 0 Å². The predicted octanol–water partition coefficient (Wildman–Crippen LogP) is -0.785. The van der Waals surface area contributed by atoms with E-state index in [-0.39, 0.29) is 0 Å². The highest BCUT2D eigenvalue weighted by Gasteiger charge is 2.04. The molecule has 0 spiro atoms. The monoisotopic (exact) mass is 142 g/mol. The molecule has 3 N–H and O–H groups in total. The molecule has 0 aliphatic heterocycles. The van der Waals surface area contributed by atoms with Crippen LogP contribution in [0.1, 0.15) is 6.92 Å². The first-order valence-corrected chi connectivity index (χ1v) is 3.19. The number of rotatable bonds is 2. The standard InChI is InChI=1S/C4H12B2N2O2/c1-4(7-5(2)9)8-6(3)10/h9-10H,1-3H3,(H,7,8). The quantitative estimate of drug-likeness (QED) is 0.269. The van der Waals surface area contributed by atoms with Gasteiger partial charge in [-0.2, -0.15) is 0 Å². The minimum Gasteiger partial charge on any atom is -0.433 e. The highest BCUT2D eigenvalue weighted by Crippen LogP contribution is 1.79. The Labute approximate surface area is 61.6 Å². The van der Waals surface area contributed by atoms with Crippen molar-refractivity contribution < 1.29 is 10.0 Å². The number of nitrogens with zero attached hydrogens (tertiary/aromatic N) is 1. The summed E-state index contributed by atoms with van der Waals surface area (Å²) in [5.74, 6) is 0.532. The van der Waals surface area contributed by atoms with Crippen molar-refractivity contribution in [2.75, 3.05) is 0 Å². The van der Waals surface area contributed by atoms with Crippen molar-refractivity contribution in [3.05, 3.63) is 0 Å². The zero-order valence-electron chi connectivity index (χ0n) is 6.50. The lowest BCUT2D eigenvalue weighted by Gasteiger charge is -2.04. The Morgan fingerprint density at radius 3 is 2.20 bits per heavy atom. The molecule has 56 valence electrons. The molecule has 0 amide bonds. The van der Waals surface area contributed by atoms with Gasteiger partial charge >= 0.3 is 14.1 Å². The van der Waals surface area contributed by atoms with E-state index in [1.54, 1.807) is 20.6 Å². The van der Waals surface area contributed by atoms with E-state index >= 15 is 0 Å². The summed E-state index contributed by atoms with van der Waals surface area (Å²) < 4.78 is 0. The zero-order chi connectivity index (χ0) is 8.15. The normalized spacial score (nSPS) is 11.1. The third kappa shape index (κ3) is 5.65. The fraction of sp³-hybridized carbons (Fsp3) is 0.750. The highest BCUT2D eigenvalue weighted by molar-refractivity contribution is 6.52. The van der Waals surface area contributed by atoms with Gasteiger partial charge in [0.15, 0.2) is 0 Å². The molecule has 0 saturated carbocycles. The Kier molecular flexibility index (Phi) is 4.14. The first kappa shape index (κ1) is 9.52. The smallest absolute Gasteiger partial charge is 0.429 e. The number of hydrogen-bond donors (Lipinski definition) is 3. The van der Waals surface area contributed by atoms with Crippen LogP contribution in [0.4, 0.5) is 0 Å². The van der Waals surface area contributed by atoms with Crippen LogP contribution in [-0.2, 0) is 0 Å². The molecule has 4 nitrogen and oxygen atoms in total. The van der Waals surface area contributed by atoms with Crippen molar-refractivity contribution in [2.24, 2.45) is 4.90 Å². The van der Waals surface area contributed by atoms with Gasteiger partial charge in [-0.25, -0.2) is 0 Å². The largest absolute Gasteiger partial charge is 0.433 e. The Morgan fingerprint density at radius 2 is 1.90 bits per heavy atom. The van der Waals surface area contributed by atoms with E-state index < -0.39 is 14.1 Å². The van der Waals surface area contributed by atoms with Gasteiger partial charge in [-0.3, -0.25) is 4.90 Å². The molecule has 0 aromatic carbocycles. The molecule has 0 heterocycles. The van der Waals surface area contributed by atoms with E-state index in [1.165, 1.54) is 0 Å².